The van der Waals surface area contributed by atoms with E-state index in [9.17, 15) is 14.0 Å². The minimum Gasteiger partial charge on any atom is -0.385 e. The number of piperidine rings is 1. The highest BCUT2D eigenvalue weighted by Crippen LogP contribution is 2.32. The maximum absolute atomic E-state index is 14.6. The fourth-order valence-corrected chi connectivity index (χ4v) is 6.41. The maximum Gasteiger partial charge on any atom is 0.228 e. The van der Waals surface area contributed by atoms with Gasteiger partial charge in [-0.2, -0.15) is 0 Å². The van der Waals surface area contributed by atoms with Crippen LogP contribution in [0, 0.1) is 5.82 Å². The Balaban J connectivity index is 1.08. The van der Waals surface area contributed by atoms with Gasteiger partial charge in [-0.3, -0.25) is 9.59 Å². The van der Waals surface area contributed by atoms with Crippen molar-refractivity contribution in [2.45, 2.75) is 57.0 Å². The first-order valence-corrected chi connectivity index (χ1v) is 15.1. The van der Waals surface area contributed by atoms with Gasteiger partial charge in [-0.25, -0.2) is 9.37 Å². The first-order valence-electron chi connectivity index (χ1n) is 15.1. The van der Waals surface area contributed by atoms with Crippen molar-refractivity contribution < 1.29 is 18.7 Å². The number of rotatable bonds is 10. The highest BCUT2D eigenvalue weighted by atomic mass is 19.1. The number of hydrogen-bond donors (Lipinski definition) is 2. The number of nitrogens with two attached hydrogens (primary N) is 1. The molecular weight excluding hydrogens is 545 g/mol. The van der Waals surface area contributed by atoms with Crippen molar-refractivity contribution in [2.24, 2.45) is 5.73 Å². The van der Waals surface area contributed by atoms with Crippen LogP contribution in [0.25, 0.3) is 22.2 Å². The largest absolute Gasteiger partial charge is 0.385 e. The fourth-order valence-electron chi connectivity index (χ4n) is 6.41. The van der Waals surface area contributed by atoms with Crippen molar-refractivity contribution in [1.29, 1.82) is 0 Å². The molecule has 8 nitrogen and oxygen atoms in total. The third-order valence-corrected chi connectivity index (χ3v) is 8.59. The van der Waals surface area contributed by atoms with Crippen molar-refractivity contribution in [3.8, 4) is 11.1 Å². The number of aromatic nitrogens is 2. The Hall–Kier alpha value is -4.08. The molecule has 6 rings (SSSR count). The number of nitrogens with zero attached hydrogens (tertiary/aromatic N) is 3. The molecule has 3 aromatic carbocycles. The van der Waals surface area contributed by atoms with E-state index in [0.29, 0.717) is 44.6 Å². The van der Waals surface area contributed by atoms with Crippen LogP contribution in [-0.2, 0) is 33.7 Å². The molecule has 1 aromatic heterocycles. The van der Waals surface area contributed by atoms with Gasteiger partial charge in [0, 0.05) is 57.4 Å². The molecule has 9 heteroatoms. The Labute approximate surface area is 251 Å². The van der Waals surface area contributed by atoms with Crippen molar-refractivity contribution in [3.05, 3.63) is 83.4 Å². The van der Waals surface area contributed by atoms with Crippen LogP contribution in [-0.4, -0.2) is 59.1 Å². The van der Waals surface area contributed by atoms with E-state index in [2.05, 4.69) is 34.1 Å². The van der Waals surface area contributed by atoms with Gasteiger partial charge in [-0.05, 0) is 66.1 Å². The van der Waals surface area contributed by atoms with Gasteiger partial charge in [0.05, 0.1) is 11.9 Å². The van der Waals surface area contributed by atoms with Crippen LogP contribution in [0.5, 0.6) is 0 Å². The Kier molecular flexibility index (Phi) is 8.54. The van der Waals surface area contributed by atoms with Crippen molar-refractivity contribution in [1.82, 2.24) is 14.5 Å². The average molecular weight is 584 g/mol. The number of para-hydroxylation sites is 1. The van der Waals surface area contributed by atoms with Crippen LogP contribution < -0.4 is 11.1 Å². The second-order valence-electron chi connectivity index (χ2n) is 11.7. The van der Waals surface area contributed by atoms with E-state index in [-0.39, 0.29) is 36.0 Å². The summed E-state index contributed by atoms with van der Waals surface area (Å²) in [7, 11) is 1.68. The zero-order valence-electron chi connectivity index (χ0n) is 24.5. The number of hydrogen-bond acceptors (Lipinski definition) is 5. The van der Waals surface area contributed by atoms with E-state index < -0.39 is 0 Å². The van der Waals surface area contributed by atoms with E-state index in [1.54, 1.807) is 13.2 Å². The Morgan fingerprint density at radius 2 is 1.98 bits per heavy atom. The van der Waals surface area contributed by atoms with Crippen LogP contribution in [0.4, 0.5) is 10.1 Å². The molecule has 3 heterocycles. The Bertz CT molecular complexity index is 1630. The lowest BCUT2D eigenvalue weighted by atomic mass is 9.95. The Morgan fingerprint density at radius 1 is 1.16 bits per heavy atom. The number of amides is 2. The molecule has 1 fully saturated rings. The maximum atomic E-state index is 14.6. The predicted molar refractivity (Wildman–Crippen MR) is 165 cm³/mol. The molecule has 2 unspecified atom stereocenters. The molecule has 0 aliphatic carbocycles. The lowest BCUT2D eigenvalue weighted by Gasteiger charge is -2.33. The summed E-state index contributed by atoms with van der Waals surface area (Å²) < 4.78 is 22.0. The monoisotopic (exact) mass is 583 g/mol. The minimum atomic E-state index is -0.326. The fraction of sp³-hybridized carbons (Fsp3) is 0.382. The van der Waals surface area contributed by atoms with Crippen molar-refractivity contribution >= 4 is 28.5 Å². The summed E-state index contributed by atoms with van der Waals surface area (Å²) in [5, 5.41) is 2.91. The highest BCUT2D eigenvalue weighted by molar-refractivity contribution is 6.00. The highest BCUT2D eigenvalue weighted by Gasteiger charge is 2.30. The lowest BCUT2D eigenvalue weighted by molar-refractivity contribution is -0.132. The molecule has 2 atom stereocenters. The number of methoxy groups -OCH3 is 1. The SMILES string of the molecule is COCCCn1c(C2CCCN(C(=O)CC(N)Cc3ccc(-c4ccc5c(c4)NC(=O)C5)cc3)C2)nc2c(F)cccc21. The van der Waals surface area contributed by atoms with Crippen molar-refractivity contribution in [2.75, 3.05) is 32.1 Å². The second kappa shape index (κ2) is 12.7. The first-order chi connectivity index (χ1) is 20.9. The Morgan fingerprint density at radius 3 is 2.79 bits per heavy atom. The normalized spacial score (nSPS) is 17.2. The summed E-state index contributed by atoms with van der Waals surface area (Å²) >= 11 is 0. The molecule has 0 saturated carbocycles. The number of aryl methyl sites for hydroxylation is 1. The summed E-state index contributed by atoms with van der Waals surface area (Å²) in [6, 6.07) is 19.0. The number of benzene rings is 3. The summed E-state index contributed by atoms with van der Waals surface area (Å²) in [5.74, 6) is 0.612. The molecule has 224 valence electrons. The lowest BCUT2D eigenvalue weighted by Crippen LogP contribution is -2.42. The van der Waals surface area contributed by atoms with Crippen LogP contribution in [0.3, 0.4) is 0 Å². The van der Waals surface area contributed by atoms with Crippen LogP contribution in [0.15, 0.2) is 60.7 Å². The summed E-state index contributed by atoms with van der Waals surface area (Å²) in [6.45, 7) is 2.53. The molecule has 2 aliphatic rings. The number of nitrogens with one attached hydrogen (secondary N) is 1. The zero-order valence-corrected chi connectivity index (χ0v) is 24.5. The summed E-state index contributed by atoms with van der Waals surface area (Å²) in [5.41, 5.74) is 12.7. The molecule has 2 aliphatic heterocycles. The predicted octanol–water partition coefficient (Wildman–Crippen LogP) is 5.04. The molecular formula is C34H38FN5O3. The number of fused-ring (bicyclic) bond motifs is 2. The van der Waals surface area contributed by atoms with E-state index in [1.807, 2.05) is 29.2 Å². The third kappa shape index (κ3) is 6.33. The quantitative estimate of drug-likeness (QED) is 0.255. The zero-order chi connectivity index (χ0) is 29.9. The standard InChI is InChI=1S/C34H38FN5O3/c1-43-16-4-15-40-30-7-2-6-28(35)33(30)38-34(40)26-5-3-14-39(21-26)32(42)20-27(36)17-22-8-10-23(11-9-22)24-12-13-25-19-31(41)37-29(25)18-24/h2,6-13,18,26-27H,3-5,14-17,19-21,36H2,1H3,(H,37,41). The summed E-state index contributed by atoms with van der Waals surface area (Å²) in [6.07, 6.45) is 3.84. The van der Waals surface area contributed by atoms with Crippen molar-refractivity contribution in [3.63, 3.8) is 0 Å². The smallest absolute Gasteiger partial charge is 0.228 e. The second-order valence-corrected chi connectivity index (χ2v) is 11.7. The molecule has 2 amide bonds. The van der Waals surface area contributed by atoms with Crippen LogP contribution >= 0.6 is 0 Å². The molecule has 1 saturated heterocycles. The number of halogens is 1. The van der Waals surface area contributed by atoms with Crippen LogP contribution in [0.1, 0.15) is 48.6 Å². The molecule has 4 aromatic rings. The van der Waals surface area contributed by atoms with Gasteiger partial charge in [0.15, 0.2) is 5.82 Å². The van der Waals surface area contributed by atoms with Gasteiger partial charge in [-0.15, -0.1) is 0 Å². The van der Waals surface area contributed by atoms with Gasteiger partial charge in [0.1, 0.15) is 11.3 Å². The summed E-state index contributed by atoms with van der Waals surface area (Å²) in [4.78, 5) is 31.7. The van der Waals surface area contributed by atoms with Gasteiger partial charge in [0.25, 0.3) is 0 Å². The average Bonchev–Trinajstić information content (AvgIpc) is 3.57. The topological polar surface area (TPSA) is 102 Å². The van der Waals surface area contributed by atoms with E-state index in [0.717, 1.165) is 58.5 Å². The van der Waals surface area contributed by atoms with Gasteiger partial charge in [-0.1, -0.05) is 42.5 Å². The molecule has 0 spiro atoms. The van der Waals surface area contributed by atoms with E-state index in [1.165, 1.54) is 6.07 Å². The number of carbonyl (C=O) groups is 2. The molecule has 43 heavy (non-hydrogen) atoms. The number of ether oxygens (including phenoxy) is 1. The number of likely N-dealkylation sites (tertiary alicyclic amines) is 1. The number of imidazole rings is 1. The van der Waals surface area contributed by atoms with E-state index in [4.69, 9.17) is 15.5 Å². The van der Waals surface area contributed by atoms with E-state index >= 15 is 0 Å². The first kappa shape index (κ1) is 29.0. The van der Waals surface area contributed by atoms with Gasteiger partial charge in [0.2, 0.25) is 11.8 Å². The number of anilines is 1. The van der Waals surface area contributed by atoms with Gasteiger partial charge >= 0.3 is 0 Å². The number of carbonyl (C=O) groups excluding carboxylic acids is 2. The van der Waals surface area contributed by atoms with Crippen LogP contribution in [0.2, 0.25) is 0 Å². The third-order valence-electron chi connectivity index (χ3n) is 8.59. The molecule has 3 N–H and O–H groups in total. The van der Waals surface area contributed by atoms with Gasteiger partial charge < -0.3 is 25.3 Å². The minimum absolute atomic E-state index is 0.0271. The molecule has 0 bridgehead atoms. The molecule has 0 radical (unpaired) electrons.